The number of rotatable bonds is 6. The molecule has 1 N–H and O–H groups in total. The predicted molar refractivity (Wildman–Crippen MR) is 145 cm³/mol. The summed E-state index contributed by atoms with van der Waals surface area (Å²) in [5.74, 6) is 3.03. The van der Waals surface area contributed by atoms with Crippen LogP contribution in [0.5, 0.6) is 5.75 Å². The number of allylic oxidation sites excluding steroid dienone is 6. The molecule has 3 heteroatoms. The smallest absolute Gasteiger partial charge is 0.118 e. The minimum Gasteiger partial charge on any atom is -0.497 e. The third kappa shape index (κ3) is 4.27. The van der Waals surface area contributed by atoms with Gasteiger partial charge in [0.1, 0.15) is 5.75 Å². The first kappa shape index (κ1) is 24.3. The highest BCUT2D eigenvalue weighted by Gasteiger charge is 2.56. The Bertz CT molecular complexity index is 1080. The molecule has 6 unspecified atom stereocenters. The Balaban J connectivity index is 1.34. The lowest BCUT2D eigenvalue weighted by Crippen LogP contribution is -2.50. The summed E-state index contributed by atoms with van der Waals surface area (Å²) in [5, 5.41) is 10.3. The van der Waals surface area contributed by atoms with Gasteiger partial charge >= 0.3 is 0 Å². The fourth-order valence-corrected chi connectivity index (χ4v) is 7.97. The van der Waals surface area contributed by atoms with Crippen LogP contribution in [0.1, 0.15) is 64.4 Å². The maximum Gasteiger partial charge on any atom is 0.118 e. The number of hydrogen-bond donors (Lipinski definition) is 1. The first-order chi connectivity index (χ1) is 16.9. The number of hydrogen-bond acceptors (Lipinski definition) is 3. The zero-order valence-corrected chi connectivity index (χ0v) is 21.7. The second kappa shape index (κ2) is 9.58. The van der Waals surface area contributed by atoms with Gasteiger partial charge in [-0.25, -0.2) is 0 Å². The van der Waals surface area contributed by atoms with E-state index in [2.05, 4.69) is 57.0 Å². The molecule has 0 saturated heterocycles. The van der Waals surface area contributed by atoms with Gasteiger partial charge in [-0.2, -0.15) is 0 Å². The highest BCUT2D eigenvalue weighted by Crippen LogP contribution is 2.65. The molecule has 0 radical (unpaired) electrons. The molecule has 4 aliphatic rings. The highest BCUT2D eigenvalue weighted by atomic mass is 16.5. The molecule has 35 heavy (non-hydrogen) atoms. The van der Waals surface area contributed by atoms with Crippen LogP contribution in [0.3, 0.4) is 0 Å². The number of nitrogens with zero attached hydrogens (tertiary/aromatic N) is 1. The maximum atomic E-state index is 10.3. The van der Waals surface area contributed by atoms with Crippen molar-refractivity contribution in [3.05, 3.63) is 77.4 Å². The normalized spacial score (nSPS) is 36.6. The number of benzene rings is 1. The summed E-state index contributed by atoms with van der Waals surface area (Å²) in [5.41, 5.74) is 5.89. The Morgan fingerprint density at radius 3 is 2.60 bits per heavy atom. The van der Waals surface area contributed by atoms with E-state index in [1.165, 1.54) is 36.0 Å². The van der Waals surface area contributed by atoms with Crippen LogP contribution in [0, 0.1) is 28.6 Å². The summed E-state index contributed by atoms with van der Waals surface area (Å²) in [7, 11) is 1.69. The zero-order valence-electron chi connectivity index (χ0n) is 21.7. The number of methoxy groups -OCH3 is 1. The molecule has 2 saturated carbocycles. The molecule has 0 spiro atoms. The number of aliphatic hydroxyl groups excluding tert-OH is 1. The third-order valence-corrected chi connectivity index (χ3v) is 9.93. The van der Waals surface area contributed by atoms with E-state index < -0.39 is 0 Å². The van der Waals surface area contributed by atoms with Crippen molar-refractivity contribution in [2.24, 2.45) is 33.6 Å². The summed E-state index contributed by atoms with van der Waals surface area (Å²) in [6.07, 6.45) is 18.9. The van der Waals surface area contributed by atoms with Crippen molar-refractivity contribution in [2.45, 2.75) is 71.4 Å². The number of aliphatic hydroxyl groups is 1. The van der Waals surface area contributed by atoms with Crippen LogP contribution in [-0.4, -0.2) is 24.5 Å². The van der Waals surface area contributed by atoms with Crippen LogP contribution >= 0.6 is 0 Å². The van der Waals surface area contributed by atoms with E-state index in [-0.39, 0.29) is 16.9 Å². The second-order valence-corrected chi connectivity index (χ2v) is 11.6. The molecular weight excluding hydrogens is 430 g/mol. The number of aliphatic imine (C=N–C) groups is 1. The SMILES string of the molecule is C=C/C=C(\C=NCc1ccc(OC)cc1)C1=CCC2C3CC=C4CC(O)CCC4(C)C3CCC12C. The first-order valence-electron chi connectivity index (χ1n) is 13.4. The van der Waals surface area contributed by atoms with Crippen molar-refractivity contribution >= 4 is 6.21 Å². The van der Waals surface area contributed by atoms with Gasteiger partial charge in [0.25, 0.3) is 0 Å². The van der Waals surface area contributed by atoms with Gasteiger partial charge in [-0.1, -0.05) is 62.4 Å². The van der Waals surface area contributed by atoms with Gasteiger partial charge in [0, 0.05) is 6.21 Å². The minimum absolute atomic E-state index is 0.136. The first-order valence-corrected chi connectivity index (χ1v) is 13.4. The van der Waals surface area contributed by atoms with E-state index in [9.17, 15) is 5.11 Å². The summed E-state index contributed by atoms with van der Waals surface area (Å²) in [6.45, 7) is 9.67. The van der Waals surface area contributed by atoms with Crippen LogP contribution < -0.4 is 4.74 Å². The molecule has 0 heterocycles. The Hall–Kier alpha value is -2.39. The minimum atomic E-state index is -0.136. The molecule has 0 amide bonds. The van der Waals surface area contributed by atoms with E-state index >= 15 is 0 Å². The van der Waals surface area contributed by atoms with Crippen LogP contribution in [0.2, 0.25) is 0 Å². The van der Waals surface area contributed by atoms with Gasteiger partial charge in [0.15, 0.2) is 0 Å². The van der Waals surface area contributed by atoms with Crippen LogP contribution in [0.25, 0.3) is 0 Å². The Morgan fingerprint density at radius 2 is 1.86 bits per heavy atom. The quantitative estimate of drug-likeness (QED) is 0.270. The Kier molecular flexibility index (Phi) is 6.65. The van der Waals surface area contributed by atoms with Crippen LogP contribution in [0.15, 0.2) is 76.9 Å². The van der Waals surface area contributed by atoms with E-state index in [1.807, 2.05) is 18.2 Å². The monoisotopic (exact) mass is 471 g/mol. The lowest BCUT2D eigenvalue weighted by atomic mass is 9.47. The number of ether oxygens (including phenoxy) is 1. The van der Waals surface area contributed by atoms with Crippen molar-refractivity contribution in [1.29, 1.82) is 0 Å². The molecule has 0 bridgehead atoms. The van der Waals surface area contributed by atoms with Crippen molar-refractivity contribution in [3.63, 3.8) is 0 Å². The molecule has 3 nitrogen and oxygen atoms in total. The molecule has 5 rings (SSSR count). The molecule has 1 aromatic rings. The Morgan fingerprint density at radius 1 is 1.09 bits per heavy atom. The van der Waals surface area contributed by atoms with Crippen molar-refractivity contribution < 1.29 is 9.84 Å². The zero-order chi connectivity index (χ0) is 24.6. The molecule has 6 atom stereocenters. The predicted octanol–water partition coefficient (Wildman–Crippen LogP) is 7.24. The van der Waals surface area contributed by atoms with Gasteiger partial charge in [-0.15, -0.1) is 0 Å². The summed E-state index contributed by atoms with van der Waals surface area (Å²) in [6, 6.07) is 8.14. The number of fused-ring (bicyclic) bond motifs is 5. The standard InChI is InChI=1S/C32H41NO2/c1-5-6-23(21-33-20-22-7-10-26(35-4)11-8-22)28-13-14-29-27-12-9-24-19-25(34)15-17-31(24,2)30(27)16-18-32(28,29)3/h5-11,13,21,25,27,29-30,34H,1,12,14-20H2,2-4H3/b23-6+,33-21?. The van der Waals surface area contributed by atoms with Gasteiger partial charge in [-0.3, -0.25) is 4.99 Å². The van der Waals surface area contributed by atoms with E-state index in [0.717, 1.165) is 43.3 Å². The summed E-state index contributed by atoms with van der Waals surface area (Å²) in [4.78, 5) is 4.83. The van der Waals surface area contributed by atoms with E-state index in [0.29, 0.717) is 12.5 Å². The van der Waals surface area contributed by atoms with Crippen molar-refractivity contribution in [3.8, 4) is 5.75 Å². The highest BCUT2D eigenvalue weighted by molar-refractivity contribution is 5.86. The van der Waals surface area contributed by atoms with Crippen molar-refractivity contribution in [1.82, 2.24) is 0 Å². The van der Waals surface area contributed by atoms with Gasteiger partial charge in [0.05, 0.1) is 19.8 Å². The molecule has 4 aliphatic carbocycles. The molecule has 2 fully saturated rings. The van der Waals surface area contributed by atoms with Crippen LogP contribution in [0.4, 0.5) is 0 Å². The lowest BCUT2D eigenvalue weighted by molar-refractivity contribution is -0.0286. The van der Waals surface area contributed by atoms with Gasteiger partial charge < -0.3 is 9.84 Å². The molecule has 1 aromatic carbocycles. The Labute approximate surface area is 211 Å². The lowest BCUT2D eigenvalue weighted by Gasteiger charge is -2.57. The molecule has 0 aliphatic heterocycles. The average molecular weight is 472 g/mol. The van der Waals surface area contributed by atoms with E-state index in [4.69, 9.17) is 9.73 Å². The molecule has 186 valence electrons. The van der Waals surface area contributed by atoms with E-state index in [1.54, 1.807) is 12.7 Å². The molecular formula is C32H41NO2. The largest absolute Gasteiger partial charge is 0.497 e. The van der Waals surface area contributed by atoms with Gasteiger partial charge in [0.2, 0.25) is 0 Å². The van der Waals surface area contributed by atoms with Crippen molar-refractivity contribution in [2.75, 3.05) is 7.11 Å². The van der Waals surface area contributed by atoms with Gasteiger partial charge in [-0.05, 0) is 102 Å². The van der Waals surface area contributed by atoms with Crippen LogP contribution in [-0.2, 0) is 6.54 Å². The summed E-state index contributed by atoms with van der Waals surface area (Å²) < 4.78 is 5.27. The molecule has 0 aromatic heterocycles. The summed E-state index contributed by atoms with van der Waals surface area (Å²) >= 11 is 0. The maximum absolute atomic E-state index is 10.3. The fourth-order valence-electron chi connectivity index (χ4n) is 7.97. The average Bonchev–Trinajstić information content (AvgIpc) is 3.21. The topological polar surface area (TPSA) is 41.8 Å². The fraction of sp³-hybridized carbons (Fsp3) is 0.531. The third-order valence-electron chi connectivity index (χ3n) is 9.93. The second-order valence-electron chi connectivity index (χ2n) is 11.6.